The molecule has 1 aliphatic carbocycles. The largest absolute Gasteiger partial charge is 0.389 e. The highest BCUT2D eigenvalue weighted by Gasteiger charge is 2.37. The van der Waals surface area contributed by atoms with Crippen molar-refractivity contribution in [3.63, 3.8) is 0 Å². The average Bonchev–Trinajstić information content (AvgIpc) is 2.44. The van der Waals surface area contributed by atoms with Crippen molar-refractivity contribution in [2.24, 2.45) is 11.3 Å². The summed E-state index contributed by atoms with van der Waals surface area (Å²) in [5, 5.41) is 14.4. The number of hydrogen-bond donors (Lipinski definition) is 2. The maximum atomic E-state index is 10.9. The lowest BCUT2D eigenvalue weighted by Crippen LogP contribution is -2.45. The van der Waals surface area contributed by atoms with Crippen LogP contribution in [0, 0.1) is 25.2 Å². The van der Waals surface area contributed by atoms with Crippen LogP contribution in [0.2, 0.25) is 0 Å². The zero-order valence-corrected chi connectivity index (χ0v) is 15.6. The second-order valence-electron chi connectivity index (χ2n) is 8.43. The van der Waals surface area contributed by atoms with Crippen LogP contribution in [-0.4, -0.2) is 27.2 Å². The Morgan fingerprint density at radius 3 is 2.43 bits per heavy atom. The number of hydrogen-bond acceptors (Lipinski definition) is 4. The molecule has 4 nitrogen and oxygen atoms in total. The van der Waals surface area contributed by atoms with Crippen LogP contribution in [-0.2, 0) is 0 Å². The Balaban J connectivity index is 1.90. The number of rotatable bonds is 4. The first-order valence-electron chi connectivity index (χ1n) is 8.87. The highest BCUT2D eigenvalue weighted by Crippen LogP contribution is 2.41. The van der Waals surface area contributed by atoms with Crippen LogP contribution in [0.4, 0.5) is 0 Å². The molecule has 1 unspecified atom stereocenters. The Labute approximate surface area is 141 Å². The molecule has 0 aromatic carbocycles. The third-order valence-corrected chi connectivity index (χ3v) is 5.48. The number of aryl methyl sites for hydroxylation is 2. The summed E-state index contributed by atoms with van der Waals surface area (Å²) in [5.74, 6) is 1.52. The second-order valence-corrected chi connectivity index (χ2v) is 8.43. The first-order valence-corrected chi connectivity index (χ1v) is 8.87. The number of aliphatic hydroxyl groups is 1. The number of nitrogens with one attached hydrogen (secondary N) is 1. The van der Waals surface area contributed by atoms with Gasteiger partial charge in [0.25, 0.3) is 0 Å². The fourth-order valence-electron chi connectivity index (χ4n) is 3.67. The van der Waals surface area contributed by atoms with Crippen LogP contribution in [0.15, 0.2) is 6.20 Å². The third-order valence-electron chi connectivity index (χ3n) is 5.48. The molecule has 0 spiro atoms. The molecule has 23 heavy (non-hydrogen) atoms. The maximum Gasteiger partial charge on any atom is 0.125 e. The normalized spacial score (nSPS) is 27.0. The monoisotopic (exact) mass is 319 g/mol. The van der Waals surface area contributed by atoms with Gasteiger partial charge in [-0.1, -0.05) is 20.8 Å². The number of aromatic nitrogens is 2. The summed E-state index contributed by atoms with van der Waals surface area (Å²) < 4.78 is 0. The molecule has 1 aromatic heterocycles. The minimum atomic E-state index is -0.574. The van der Waals surface area contributed by atoms with Gasteiger partial charge in [0.2, 0.25) is 0 Å². The smallest absolute Gasteiger partial charge is 0.125 e. The highest BCUT2D eigenvalue weighted by molar-refractivity contribution is 5.19. The van der Waals surface area contributed by atoms with Crippen molar-refractivity contribution in [1.82, 2.24) is 15.3 Å². The Morgan fingerprint density at radius 1 is 1.30 bits per heavy atom. The van der Waals surface area contributed by atoms with E-state index in [-0.39, 0.29) is 6.04 Å². The topological polar surface area (TPSA) is 58.0 Å². The van der Waals surface area contributed by atoms with E-state index >= 15 is 0 Å². The Morgan fingerprint density at radius 2 is 1.91 bits per heavy atom. The Bertz CT molecular complexity index is 528. The van der Waals surface area contributed by atoms with Crippen molar-refractivity contribution in [3.05, 3.63) is 23.3 Å². The van der Waals surface area contributed by atoms with Crippen LogP contribution >= 0.6 is 0 Å². The van der Waals surface area contributed by atoms with E-state index in [0.29, 0.717) is 17.9 Å². The predicted octanol–water partition coefficient (Wildman–Crippen LogP) is 3.71. The molecule has 1 aliphatic rings. The summed E-state index contributed by atoms with van der Waals surface area (Å²) in [4.78, 5) is 8.73. The van der Waals surface area contributed by atoms with Gasteiger partial charge in [-0.15, -0.1) is 0 Å². The molecule has 2 rings (SSSR count). The Hall–Kier alpha value is -1.00. The minimum Gasteiger partial charge on any atom is -0.389 e. The number of nitrogens with zero attached hydrogens (tertiary/aromatic N) is 2. The molecule has 0 amide bonds. The van der Waals surface area contributed by atoms with Crippen LogP contribution in [0.5, 0.6) is 0 Å². The van der Waals surface area contributed by atoms with E-state index in [1.165, 1.54) is 0 Å². The van der Waals surface area contributed by atoms with Gasteiger partial charge in [-0.05, 0) is 57.8 Å². The first-order chi connectivity index (χ1) is 10.6. The van der Waals surface area contributed by atoms with Gasteiger partial charge in [0, 0.05) is 30.0 Å². The molecule has 0 radical (unpaired) electrons. The van der Waals surface area contributed by atoms with Gasteiger partial charge < -0.3 is 10.4 Å². The third kappa shape index (κ3) is 4.74. The summed E-state index contributed by atoms with van der Waals surface area (Å²) in [6.07, 6.45) is 5.90. The molecule has 2 N–H and O–H groups in total. The van der Waals surface area contributed by atoms with Crippen molar-refractivity contribution in [2.75, 3.05) is 6.54 Å². The van der Waals surface area contributed by atoms with E-state index in [0.717, 1.165) is 42.8 Å². The minimum absolute atomic E-state index is 0.153. The molecule has 0 saturated heterocycles. The molecule has 4 heteroatoms. The van der Waals surface area contributed by atoms with Crippen LogP contribution in [0.3, 0.4) is 0 Å². The second kappa shape index (κ2) is 6.86. The standard InChI is InChI=1S/C19H33N3O/c1-13(17-11-20-15(3)22-14(17)2)21-12-19(23)9-7-16(8-10-19)18(4,5)6/h11,13,16,21,23H,7-10,12H2,1-6H3. The molecule has 0 aliphatic heterocycles. The Kier molecular flexibility index (Phi) is 5.47. The van der Waals surface area contributed by atoms with E-state index in [9.17, 15) is 5.11 Å². The van der Waals surface area contributed by atoms with Crippen LogP contribution < -0.4 is 5.32 Å². The van der Waals surface area contributed by atoms with Gasteiger partial charge in [-0.2, -0.15) is 0 Å². The quantitative estimate of drug-likeness (QED) is 0.888. The molecule has 1 saturated carbocycles. The van der Waals surface area contributed by atoms with Crippen molar-refractivity contribution >= 4 is 0 Å². The van der Waals surface area contributed by atoms with E-state index in [1.54, 1.807) is 0 Å². The summed E-state index contributed by atoms with van der Waals surface area (Å²) >= 11 is 0. The van der Waals surface area contributed by atoms with Crippen LogP contribution in [0.1, 0.15) is 76.5 Å². The predicted molar refractivity (Wildman–Crippen MR) is 94.3 cm³/mol. The van der Waals surface area contributed by atoms with E-state index < -0.39 is 5.60 Å². The molecule has 0 bridgehead atoms. The zero-order valence-electron chi connectivity index (χ0n) is 15.6. The maximum absolute atomic E-state index is 10.9. The lowest BCUT2D eigenvalue weighted by atomic mass is 9.68. The van der Waals surface area contributed by atoms with Crippen molar-refractivity contribution in [1.29, 1.82) is 0 Å². The summed E-state index contributed by atoms with van der Waals surface area (Å²) in [6, 6.07) is 0.153. The average molecular weight is 319 g/mol. The van der Waals surface area contributed by atoms with E-state index in [4.69, 9.17) is 0 Å². The molecular formula is C19H33N3O. The van der Waals surface area contributed by atoms with Crippen molar-refractivity contribution in [3.8, 4) is 0 Å². The van der Waals surface area contributed by atoms with Gasteiger partial charge in [0.05, 0.1) is 5.60 Å². The SMILES string of the molecule is Cc1ncc(C(C)NCC2(O)CCC(C(C)(C)C)CC2)c(C)n1. The molecule has 1 atom stereocenters. The first kappa shape index (κ1) is 18.3. The summed E-state index contributed by atoms with van der Waals surface area (Å²) in [5.41, 5.74) is 1.90. The van der Waals surface area contributed by atoms with Gasteiger partial charge in [0.15, 0.2) is 0 Å². The van der Waals surface area contributed by atoms with Gasteiger partial charge in [-0.25, -0.2) is 9.97 Å². The zero-order chi connectivity index (χ0) is 17.3. The molecule has 130 valence electrons. The summed E-state index contributed by atoms with van der Waals surface area (Å²) in [7, 11) is 0. The fourth-order valence-corrected chi connectivity index (χ4v) is 3.67. The molecule has 1 fully saturated rings. The van der Waals surface area contributed by atoms with Gasteiger partial charge in [-0.3, -0.25) is 0 Å². The molecule has 1 heterocycles. The fraction of sp³-hybridized carbons (Fsp3) is 0.789. The molecule has 1 aromatic rings. The van der Waals surface area contributed by atoms with Gasteiger partial charge >= 0.3 is 0 Å². The van der Waals surface area contributed by atoms with Crippen molar-refractivity contribution < 1.29 is 5.11 Å². The lowest BCUT2D eigenvalue weighted by Gasteiger charge is -2.41. The van der Waals surface area contributed by atoms with E-state index in [2.05, 4.69) is 43.0 Å². The highest BCUT2D eigenvalue weighted by atomic mass is 16.3. The van der Waals surface area contributed by atoms with Gasteiger partial charge in [0.1, 0.15) is 5.82 Å². The lowest BCUT2D eigenvalue weighted by molar-refractivity contribution is -0.0252. The van der Waals surface area contributed by atoms with Crippen molar-refractivity contribution in [2.45, 2.75) is 78.9 Å². The molecular weight excluding hydrogens is 286 g/mol. The van der Waals surface area contributed by atoms with Crippen LogP contribution in [0.25, 0.3) is 0 Å². The summed E-state index contributed by atoms with van der Waals surface area (Å²) in [6.45, 7) is 13.6. The van der Waals surface area contributed by atoms with E-state index in [1.807, 2.05) is 20.0 Å².